The van der Waals surface area contributed by atoms with Crippen LogP contribution in [0.3, 0.4) is 0 Å². The van der Waals surface area contributed by atoms with Crippen LogP contribution in [0.1, 0.15) is 16.8 Å². The topological polar surface area (TPSA) is 57.7 Å². The first kappa shape index (κ1) is 18.8. The van der Waals surface area contributed by atoms with Crippen molar-refractivity contribution >= 4 is 35.0 Å². The zero-order chi connectivity index (χ0) is 21.3. The van der Waals surface area contributed by atoms with Crippen LogP contribution in [0.4, 0.5) is 5.69 Å². The Morgan fingerprint density at radius 1 is 0.903 bits per heavy atom. The van der Waals surface area contributed by atoms with Crippen molar-refractivity contribution in [1.82, 2.24) is 4.90 Å². The van der Waals surface area contributed by atoms with E-state index in [2.05, 4.69) is 12.2 Å². The predicted octanol–water partition coefficient (Wildman–Crippen LogP) is 4.00. The van der Waals surface area contributed by atoms with Crippen LogP contribution in [-0.2, 0) is 9.59 Å². The molecule has 3 fully saturated rings. The molecule has 3 amide bonds. The fourth-order valence-corrected chi connectivity index (χ4v) is 6.17. The summed E-state index contributed by atoms with van der Waals surface area (Å²) in [7, 11) is 0. The molecule has 31 heavy (non-hydrogen) atoms. The number of allylic oxidation sites excluding steroid dienone is 2. The highest BCUT2D eigenvalue weighted by atomic mass is 35.5. The highest BCUT2D eigenvalue weighted by Gasteiger charge is 2.67. The molecule has 0 radical (unpaired) electrons. The van der Waals surface area contributed by atoms with Crippen LogP contribution in [-0.4, -0.2) is 29.3 Å². The quantitative estimate of drug-likeness (QED) is 0.542. The minimum atomic E-state index is -0.337. The number of para-hydroxylation sites is 1. The summed E-state index contributed by atoms with van der Waals surface area (Å²) in [5.41, 5.74) is 0.958. The van der Waals surface area contributed by atoms with Gasteiger partial charge >= 0.3 is 0 Å². The molecule has 4 aliphatic carbocycles. The number of imide groups is 1. The Morgan fingerprint density at radius 3 is 2.10 bits per heavy atom. The molecule has 2 saturated carbocycles. The van der Waals surface area contributed by atoms with E-state index in [4.69, 9.17) is 11.6 Å². The minimum absolute atomic E-state index is 0.104. The Labute approximate surface area is 185 Å². The molecule has 1 heterocycles. The molecule has 0 spiro atoms. The van der Waals surface area contributed by atoms with Crippen molar-refractivity contribution < 1.29 is 14.4 Å². The van der Waals surface area contributed by atoms with Crippen molar-refractivity contribution in [2.75, 3.05) is 11.6 Å². The van der Waals surface area contributed by atoms with Crippen molar-refractivity contribution in [3.8, 4) is 0 Å². The molecule has 5 aliphatic rings. The van der Waals surface area contributed by atoms with Gasteiger partial charge in [0.2, 0.25) is 11.8 Å². The maximum Gasteiger partial charge on any atom is 0.261 e. The van der Waals surface area contributed by atoms with E-state index in [-0.39, 0.29) is 48.1 Å². The number of hydrogen-bond donors (Lipinski definition) is 0. The number of carbonyl (C=O) groups is 3. The Bertz CT molecular complexity index is 1090. The second-order valence-corrected chi connectivity index (χ2v) is 9.36. The fourth-order valence-electron chi connectivity index (χ4n) is 5.95. The lowest BCUT2D eigenvalue weighted by Crippen LogP contribution is -2.45. The smallest absolute Gasteiger partial charge is 0.261 e. The van der Waals surface area contributed by atoms with E-state index in [1.165, 1.54) is 9.80 Å². The highest BCUT2D eigenvalue weighted by molar-refractivity contribution is 6.34. The lowest BCUT2D eigenvalue weighted by molar-refractivity contribution is -0.140. The first-order valence-corrected chi connectivity index (χ1v) is 11.1. The van der Waals surface area contributed by atoms with Crippen molar-refractivity contribution in [1.29, 1.82) is 0 Å². The molecule has 0 unspecified atom stereocenters. The normalized spacial score (nSPS) is 32.1. The summed E-state index contributed by atoms with van der Waals surface area (Å²) in [6.07, 6.45) is 5.42. The van der Waals surface area contributed by atoms with Crippen molar-refractivity contribution in [2.24, 2.45) is 35.5 Å². The fraction of sp³-hybridized carbons (Fsp3) is 0.320. The van der Waals surface area contributed by atoms with Crippen LogP contribution in [0.2, 0.25) is 5.02 Å². The lowest BCUT2D eigenvalue weighted by atomic mass is 9.63. The van der Waals surface area contributed by atoms with Crippen LogP contribution in [0, 0.1) is 35.5 Å². The van der Waals surface area contributed by atoms with Gasteiger partial charge in [-0.3, -0.25) is 24.2 Å². The maximum absolute atomic E-state index is 13.5. The highest BCUT2D eigenvalue weighted by Crippen LogP contribution is 2.65. The van der Waals surface area contributed by atoms with E-state index in [1.807, 2.05) is 18.2 Å². The second kappa shape index (κ2) is 6.79. The molecule has 156 valence electrons. The number of hydrogen-bond acceptors (Lipinski definition) is 3. The molecule has 2 aromatic rings. The molecule has 6 heteroatoms. The summed E-state index contributed by atoms with van der Waals surface area (Å²) in [4.78, 5) is 43.0. The third-order valence-electron chi connectivity index (χ3n) is 7.45. The van der Waals surface area contributed by atoms with Gasteiger partial charge in [0.25, 0.3) is 5.91 Å². The Balaban J connectivity index is 1.35. The van der Waals surface area contributed by atoms with Crippen molar-refractivity contribution in [3.63, 3.8) is 0 Å². The number of carbonyl (C=O) groups excluding carboxylic acids is 3. The van der Waals surface area contributed by atoms with E-state index >= 15 is 0 Å². The third kappa shape index (κ3) is 2.72. The lowest BCUT2D eigenvalue weighted by Gasteiger charge is -2.37. The Hall–Kier alpha value is -2.92. The Morgan fingerprint density at radius 2 is 1.48 bits per heavy atom. The summed E-state index contributed by atoms with van der Waals surface area (Å²) in [6.45, 7) is -0.104. The molecule has 0 N–H and O–H groups in total. The van der Waals surface area contributed by atoms with Gasteiger partial charge in [-0.15, -0.1) is 0 Å². The average molecular weight is 433 g/mol. The maximum atomic E-state index is 13.5. The van der Waals surface area contributed by atoms with Gasteiger partial charge < -0.3 is 0 Å². The zero-order valence-corrected chi connectivity index (χ0v) is 17.5. The SMILES string of the molecule is O=C1[C@@H]2[C@H]3C=C[C@H]([C@H]4C[C@H]34)[C@@H]2C(=O)N1CN(C(=O)c1ccccc1Cl)c1ccccc1. The van der Waals surface area contributed by atoms with Gasteiger partial charge in [-0.05, 0) is 54.4 Å². The van der Waals surface area contributed by atoms with Gasteiger partial charge in [0, 0.05) is 5.69 Å². The van der Waals surface area contributed by atoms with E-state index in [1.54, 1.807) is 36.4 Å². The monoisotopic (exact) mass is 432 g/mol. The summed E-state index contributed by atoms with van der Waals surface area (Å²) in [6, 6.07) is 15.9. The number of likely N-dealkylation sites (tertiary alicyclic amines) is 1. The first-order valence-electron chi connectivity index (χ1n) is 10.7. The molecule has 0 aromatic heterocycles. The summed E-state index contributed by atoms with van der Waals surface area (Å²) < 4.78 is 0. The third-order valence-corrected chi connectivity index (χ3v) is 7.78. The molecule has 2 bridgehead atoms. The summed E-state index contributed by atoms with van der Waals surface area (Å²) >= 11 is 6.29. The second-order valence-electron chi connectivity index (χ2n) is 8.95. The average Bonchev–Trinajstić information content (AvgIpc) is 3.58. The van der Waals surface area contributed by atoms with E-state index in [0.717, 1.165) is 6.42 Å². The van der Waals surface area contributed by atoms with Gasteiger partial charge in [0.1, 0.15) is 6.67 Å². The van der Waals surface area contributed by atoms with Crippen molar-refractivity contribution in [2.45, 2.75) is 6.42 Å². The van der Waals surface area contributed by atoms with E-state index < -0.39 is 0 Å². The molecule has 6 atom stereocenters. The number of amides is 3. The van der Waals surface area contributed by atoms with Crippen LogP contribution < -0.4 is 4.90 Å². The number of rotatable bonds is 4. The molecule has 1 saturated heterocycles. The van der Waals surface area contributed by atoms with Crippen molar-refractivity contribution in [3.05, 3.63) is 77.3 Å². The van der Waals surface area contributed by atoms with Crippen LogP contribution in [0.25, 0.3) is 0 Å². The van der Waals surface area contributed by atoms with Gasteiger partial charge in [-0.25, -0.2) is 0 Å². The molecule has 1 aliphatic heterocycles. The number of halogens is 1. The van der Waals surface area contributed by atoms with Crippen LogP contribution in [0.15, 0.2) is 66.7 Å². The van der Waals surface area contributed by atoms with Gasteiger partial charge in [-0.2, -0.15) is 0 Å². The molecule has 7 rings (SSSR count). The Kier molecular flexibility index (Phi) is 4.12. The summed E-state index contributed by atoms with van der Waals surface area (Å²) in [5, 5.41) is 0.337. The zero-order valence-electron chi connectivity index (χ0n) is 16.7. The molecular formula is C25H21ClN2O3. The molecule has 2 aromatic carbocycles. The minimum Gasteiger partial charge on any atom is -0.290 e. The summed E-state index contributed by atoms with van der Waals surface area (Å²) in [5.74, 6) is 0.220. The van der Waals surface area contributed by atoms with E-state index in [9.17, 15) is 14.4 Å². The molecule has 5 nitrogen and oxygen atoms in total. The van der Waals surface area contributed by atoms with Crippen LogP contribution >= 0.6 is 11.6 Å². The van der Waals surface area contributed by atoms with Gasteiger partial charge in [0.15, 0.2) is 0 Å². The predicted molar refractivity (Wildman–Crippen MR) is 116 cm³/mol. The van der Waals surface area contributed by atoms with Gasteiger partial charge in [-0.1, -0.05) is 54.1 Å². The first-order chi connectivity index (χ1) is 15.1. The standard InChI is InChI=1S/C25H21ClN2O3/c26-20-9-5-4-8-17(20)23(29)27(14-6-2-1-3-7-14)13-28-24(30)21-15-10-11-16(19-12-18(15)19)22(21)25(28)31/h1-11,15-16,18-19,21-22H,12-13H2/t15-,16+,18-,19-,21+,22-/m1/s1. The number of nitrogens with zero attached hydrogens (tertiary/aromatic N) is 2. The molecular weight excluding hydrogens is 412 g/mol. The van der Waals surface area contributed by atoms with Crippen LogP contribution in [0.5, 0.6) is 0 Å². The number of benzene rings is 2. The number of anilines is 1. The largest absolute Gasteiger partial charge is 0.290 e. The van der Waals surface area contributed by atoms with E-state index in [0.29, 0.717) is 28.1 Å². The van der Waals surface area contributed by atoms with Gasteiger partial charge in [0.05, 0.1) is 22.4 Å².